The smallest absolute Gasteiger partial charge is 0.241 e. The van der Waals surface area contributed by atoms with E-state index in [1.807, 2.05) is 0 Å². The highest BCUT2D eigenvalue weighted by molar-refractivity contribution is 9.10. The summed E-state index contributed by atoms with van der Waals surface area (Å²) >= 11 is 3.24. The minimum atomic E-state index is -0.422. The van der Waals surface area contributed by atoms with E-state index in [0.717, 1.165) is 23.9 Å². The molecule has 1 heterocycles. The average Bonchev–Trinajstić information content (AvgIpc) is 2.76. The van der Waals surface area contributed by atoms with E-state index >= 15 is 0 Å². The van der Waals surface area contributed by atoms with Crippen LogP contribution in [0, 0.1) is 5.82 Å². The Morgan fingerprint density at radius 2 is 2.38 bits per heavy atom. The number of anilines is 1. The highest BCUT2D eigenvalue weighted by atomic mass is 79.9. The average molecular weight is 287 g/mol. The Labute approximate surface area is 102 Å². The van der Waals surface area contributed by atoms with Crippen LogP contribution in [0.5, 0.6) is 0 Å². The molecule has 1 unspecified atom stereocenters. The fourth-order valence-electron chi connectivity index (χ4n) is 1.72. The van der Waals surface area contributed by atoms with Gasteiger partial charge >= 0.3 is 0 Å². The van der Waals surface area contributed by atoms with Gasteiger partial charge in [-0.2, -0.15) is 0 Å². The zero-order valence-electron chi connectivity index (χ0n) is 8.59. The van der Waals surface area contributed by atoms with Crippen LogP contribution < -0.4 is 10.6 Å². The lowest BCUT2D eigenvalue weighted by atomic mass is 10.2. The van der Waals surface area contributed by atoms with E-state index in [4.69, 9.17) is 0 Å². The van der Waals surface area contributed by atoms with Gasteiger partial charge in [0, 0.05) is 4.47 Å². The molecule has 86 valence electrons. The molecule has 5 heteroatoms. The van der Waals surface area contributed by atoms with Gasteiger partial charge in [0.2, 0.25) is 5.91 Å². The van der Waals surface area contributed by atoms with Crippen LogP contribution in [-0.4, -0.2) is 18.5 Å². The molecule has 0 saturated carbocycles. The van der Waals surface area contributed by atoms with Crippen molar-refractivity contribution in [1.29, 1.82) is 0 Å². The number of rotatable bonds is 2. The van der Waals surface area contributed by atoms with Gasteiger partial charge < -0.3 is 10.6 Å². The minimum absolute atomic E-state index is 0.172. The SMILES string of the molecule is O=C(Nc1cc(Br)ccc1F)C1CCCN1. The maximum Gasteiger partial charge on any atom is 0.241 e. The van der Waals surface area contributed by atoms with Crippen LogP contribution in [0.25, 0.3) is 0 Å². The number of halogens is 2. The van der Waals surface area contributed by atoms with Crippen molar-refractivity contribution in [2.24, 2.45) is 0 Å². The second-order valence-electron chi connectivity index (χ2n) is 3.76. The van der Waals surface area contributed by atoms with Gasteiger partial charge in [-0.1, -0.05) is 15.9 Å². The number of carbonyl (C=O) groups excluding carboxylic acids is 1. The quantitative estimate of drug-likeness (QED) is 0.876. The molecule has 0 bridgehead atoms. The van der Waals surface area contributed by atoms with Gasteiger partial charge in [-0.3, -0.25) is 4.79 Å². The van der Waals surface area contributed by atoms with Crippen molar-refractivity contribution in [3.05, 3.63) is 28.5 Å². The molecule has 16 heavy (non-hydrogen) atoms. The van der Waals surface area contributed by atoms with Crippen molar-refractivity contribution in [2.45, 2.75) is 18.9 Å². The summed E-state index contributed by atoms with van der Waals surface area (Å²) < 4.78 is 14.1. The van der Waals surface area contributed by atoms with E-state index in [1.54, 1.807) is 12.1 Å². The summed E-state index contributed by atoms with van der Waals surface area (Å²) in [4.78, 5) is 11.7. The summed E-state index contributed by atoms with van der Waals surface area (Å²) in [5.41, 5.74) is 0.216. The van der Waals surface area contributed by atoms with Gasteiger partial charge in [-0.05, 0) is 37.6 Å². The van der Waals surface area contributed by atoms with Gasteiger partial charge in [-0.15, -0.1) is 0 Å². The summed E-state index contributed by atoms with van der Waals surface area (Å²) in [6.45, 7) is 0.846. The highest BCUT2D eigenvalue weighted by Gasteiger charge is 2.22. The molecule has 0 spiro atoms. The van der Waals surface area contributed by atoms with E-state index in [-0.39, 0.29) is 17.6 Å². The largest absolute Gasteiger partial charge is 0.322 e. The van der Waals surface area contributed by atoms with Crippen molar-refractivity contribution in [2.75, 3.05) is 11.9 Å². The van der Waals surface area contributed by atoms with Crippen molar-refractivity contribution in [1.82, 2.24) is 5.32 Å². The Bertz CT molecular complexity index is 405. The Morgan fingerprint density at radius 1 is 1.56 bits per heavy atom. The molecule has 0 aliphatic carbocycles. The van der Waals surface area contributed by atoms with E-state index in [2.05, 4.69) is 26.6 Å². The molecule has 1 fully saturated rings. The first kappa shape index (κ1) is 11.5. The number of hydrogen-bond donors (Lipinski definition) is 2. The highest BCUT2D eigenvalue weighted by Crippen LogP contribution is 2.20. The molecule has 1 aromatic carbocycles. The fraction of sp³-hybridized carbons (Fsp3) is 0.364. The van der Waals surface area contributed by atoms with Crippen LogP contribution in [0.1, 0.15) is 12.8 Å². The summed E-state index contributed by atoms with van der Waals surface area (Å²) in [6.07, 6.45) is 1.79. The lowest BCUT2D eigenvalue weighted by molar-refractivity contribution is -0.117. The van der Waals surface area contributed by atoms with E-state index in [1.165, 1.54) is 6.07 Å². The first-order valence-corrected chi connectivity index (χ1v) is 5.95. The zero-order chi connectivity index (χ0) is 11.5. The summed E-state index contributed by atoms with van der Waals surface area (Å²) in [5, 5.41) is 5.65. The fourth-order valence-corrected chi connectivity index (χ4v) is 2.08. The van der Waals surface area contributed by atoms with E-state index in [9.17, 15) is 9.18 Å². The predicted octanol–water partition coefficient (Wildman–Crippen LogP) is 2.28. The predicted molar refractivity (Wildman–Crippen MR) is 63.8 cm³/mol. The normalized spacial score (nSPS) is 19.8. The molecule has 2 rings (SSSR count). The standard InChI is InChI=1S/C11H12BrFN2O/c12-7-3-4-8(13)10(6-7)15-11(16)9-2-1-5-14-9/h3-4,6,9,14H,1-2,5H2,(H,15,16). The van der Waals surface area contributed by atoms with Crippen LogP contribution in [0.3, 0.4) is 0 Å². The van der Waals surface area contributed by atoms with Gasteiger partial charge in [0.15, 0.2) is 0 Å². The molecule has 3 nitrogen and oxygen atoms in total. The lowest BCUT2D eigenvalue weighted by Crippen LogP contribution is -2.35. The van der Waals surface area contributed by atoms with Crippen LogP contribution in [0.2, 0.25) is 0 Å². The topological polar surface area (TPSA) is 41.1 Å². The number of hydrogen-bond acceptors (Lipinski definition) is 2. The van der Waals surface area contributed by atoms with Crippen molar-refractivity contribution >= 4 is 27.5 Å². The third-order valence-electron chi connectivity index (χ3n) is 2.56. The number of benzene rings is 1. The molecule has 1 amide bonds. The van der Waals surface area contributed by atoms with Crippen LogP contribution in [0.15, 0.2) is 22.7 Å². The minimum Gasteiger partial charge on any atom is -0.322 e. The molecule has 1 aliphatic rings. The molecule has 0 aromatic heterocycles. The van der Waals surface area contributed by atoms with Gasteiger partial charge in [0.25, 0.3) is 0 Å². The van der Waals surface area contributed by atoms with E-state index < -0.39 is 5.82 Å². The second-order valence-corrected chi connectivity index (χ2v) is 4.68. The first-order chi connectivity index (χ1) is 7.66. The molecule has 2 N–H and O–H groups in total. The molecule has 1 saturated heterocycles. The summed E-state index contributed by atoms with van der Waals surface area (Å²) in [5.74, 6) is -0.593. The second kappa shape index (κ2) is 4.93. The molecule has 1 aliphatic heterocycles. The van der Waals surface area contributed by atoms with Crippen molar-refractivity contribution in [3.63, 3.8) is 0 Å². The molecule has 1 atom stereocenters. The number of nitrogens with one attached hydrogen (secondary N) is 2. The Hall–Kier alpha value is -0.940. The lowest BCUT2D eigenvalue weighted by Gasteiger charge is -2.11. The third kappa shape index (κ3) is 2.59. The first-order valence-electron chi connectivity index (χ1n) is 5.16. The Kier molecular flexibility index (Phi) is 3.56. The Balaban J connectivity index is 2.07. The van der Waals surface area contributed by atoms with Crippen molar-refractivity contribution in [3.8, 4) is 0 Å². The maximum absolute atomic E-state index is 13.4. The van der Waals surface area contributed by atoms with Crippen LogP contribution in [-0.2, 0) is 4.79 Å². The number of carbonyl (C=O) groups is 1. The molecular formula is C11H12BrFN2O. The van der Waals surface area contributed by atoms with Gasteiger partial charge in [-0.25, -0.2) is 4.39 Å². The summed E-state index contributed by atoms with van der Waals surface area (Å²) in [6, 6.07) is 4.28. The van der Waals surface area contributed by atoms with Crippen molar-refractivity contribution < 1.29 is 9.18 Å². The summed E-state index contributed by atoms with van der Waals surface area (Å²) in [7, 11) is 0. The molecular weight excluding hydrogens is 275 g/mol. The maximum atomic E-state index is 13.4. The van der Waals surface area contributed by atoms with Gasteiger partial charge in [0.1, 0.15) is 5.82 Å². The Morgan fingerprint density at radius 3 is 3.06 bits per heavy atom. The molecule has 1 aromatic rings. The molecule has 0 radical (unpaired) electrons. The monoisotopic (exact) mass is 286 g/mol. The third-order valence-corrected chi connectivity index (χ3v) is 3.06. The van der Waals surface area contributed by atoms with Crippen LogP contribution in [0.4, 0.5) is 10.1 Å². The van der Waals surface area contributed by atoms with Gasteiger partial charge in [0.05, 0.1) is 11.7 Å². The number of amides is 1. The van der Waals surface area contributed by atoms with Crippen LogP contribution >= 0.6 is 15.9 Å². The zero-order valence-corrected chi connectivity index (χ0v) is 10.2. The van der Waals surface area contributed by atoms with E-state index in [0.29, 0.717) is 0 Å².